The van der Waals surface area contributed by atoms with Crippen LogP contribution in [0.3, 0.4) is 0 Å². The highest BCUT2D eigenvalue weighted by Crippen LogP contribution is 2.27. The standard InChI is InChI=1S/C10H17N3OS/c1-7-4-3-5-11-9(7)10-12-8(6-15-2)13-14-10/h7,9,11H,3-6H2,1-2H3. The minimum Gasteiger partial charge on any atom is -0.338 e. The van der Waals surface area contributed by atoms with Crippen molar-refractivity contribution in [2.75, 3.05) is 12.8 Å². The zero-order chi connectivity index (χ0) is 10.7. The summed E-state index contributed by atoms with van der Waals surface area (Å²) in [6, 6.07) is 0.252. The summed E-state index contributed by atoms with van der Waals surface area (Å²) in [6.45, 7) is 3.28. The number of rotatable bonds is 3. The monoisotopic (exact) mass is 227 g/mol. The molecule has 1 N–H and O–H groups in total. The Hall–Kier alpha value is -0.550. The van der Waals surface area contributed by atoms with Crippen LogP contribution in [-0.4, -0.2) is 22.9 Å². The van der Waals surface area contributed by atoms with Gasteiger partial charge in [0.15, 0.2) is 5.82 Å². The van der Waals surface area contributed by atoms with Crippen LogP contribution >= 0.6 is 11.8 Å². The normalized spacial score (nSPS) is 26.8. The molecule has 0 saturated carbocycles. The zero-order valence-corrected chi connectivity index (χ0v) is 10.0. The first-order valence-electron chi connectivity index (χ1n) is 5.36. The summed E-state index contributed by atoms with van der Waals surface area (Å²) in [7, 11) is 0. The third-order valence-electron chi connectivity index (χ3n) is 2.79. The van der Waals surface area contributed by atoms with Gasteiger partial charge in [-0.15, -0.1) is 0 Å². The van der Waals surface area contributed by atoms with Crippen LogP contribution in [0.2, 0.25) is 0 Å². The number of nitrogens with one attached hydrogen (secondary N) is 1. The molecular formula is C10H17N3OS. The summed E-state index contributed by atoms with van der Waals surface area (Å²) in [5, 5.41) is 7.41. The molecule has 2 unspecified atom stereocenters. The quantitative estimate of drug-likeness (QED) is 0.856. The van der Waals surface area contributed by atoms with E-state index in [-0.39, 0.29) is 6.04 Å². The van der Waals surface area contributed by atoms with Crippen molar-refractivity contribution in [2.24, 2.45) is 5.92 Å². The van der Waals surface area contributed by atoms with E-state index >= 15 is 0 Å². The lowest BCUT2D eigenvalue weighted by molar-refractivity contribution is 0.239. The van der Waals surface area contributed by atoms with E-state index in [0.29, 0.717) is 5.92 Å². The van der Waals surface area contributed by atoms with E-state index in [1.807, 2.05) is 6.26 Å². The number of piperidine rings is 1. The van der Waals surface area contributed by atoms with Crippen molar-refractivity contribution < 1.29 is 4.52 Å². The van der Waals surface area contributed by atoms with Crippen molar-refractivity contribution in [1.29, 1.82) is 0 Å². The van der Waals surface area contributed by atoms with Gasteiger partial charge < -0.3 is 9.84 Å². The Bertz CT molecular complexity index is 315. The molecular weight excluding hydrogens is 210 g/mol. The SMILES string of the molecule is CSCc1noc(C2NCCCC2C)n1. The minimum absolute atomic E-state index is 0.252. The van der Waals surface area contributed by atoms with Crippen molar-refractivity contribution in [3.63, 3.8) is 0 Å². The van der Waals surface area contributed by atoms with Crippen LogP contribution in [0.4, 0.5) is 0 Å². The molecule has 0 aromatic carbocycles. The van der Waals surface area contributed by atoms with Crippen LogP contribution in [0.25, 0.3) is 0 Å². The summed E-state index contributed by atoms with van der Waals surface area (Å²) < 4.78 is 5.29. The Labute approximate surface area is 94.2 Å². The molecule has 1 saturated heterocycles. The topological polar surface area (TPSA) is 51.0 Å². The number of hydrogen-bond acceptors (Lipinski definition) is 5. The lowest BCUT2D eigenvalue weighted by Crippen LogP contribution is -2.33. The zero-order valence-electron chi connectivity index (χ0n) is 9.19. The highest BCUT2D eigenvalue weighted by Gasteiger charge is 2.27. The maximum atomic E-state index is 5.29. The van der Waals surface area contributed by atoms with Crippen LogP contribution in [0.5, 0.6) is 0 Å². The number of hydrogen-bond donors (Lipinski definition) is 1. The highest BCUT2D eigenvalue weighted by atomic mass is 32.2. The molecule has 5 heteroatoms. The maximum absolute atomic E-state index is 5.29. The molecule has 2 rings (SSSR count). The van der Waals surface area contributed by atoms with E-state index in [0.717, 1.165) is 24.0 Å². The molecule has 0 amide bonds. The molecule has 0 spiro atoms. The van der Waals surface area contributed by atoms with Crippen molar-refractivity contribution >= 4 is 11.8 Å². The predicted octanol–water partition coefficient (Wildman–Crippen LogP) is 1.99. The summed E-state index contributed by atoms with van der Waals surface area (Å²) >= 11 is 1.71. The minimum atomic E-state index is 0.252. The fraction of sp³-hybridized carbons (Fsp3) is 0.800. The second-order valence-electron chi connectivity index (χ2n) is 4.03. The molecule has 1 fully saturated rings. The van der Waals surface area contributed by atoms with Crippen molar-refractivity contribution in [3.05, 3.63) is 11.7 Å². The van der Waals surface area contributed by atoms with Crippen molar-refractivity contribution in [3.8, 4) is 0 Å². The summed E-state index contributed by atoms with van der Waals surface area (Å²) in [6.07, 6.45) is 4.51. The lowest BCUT2D eigenvalue weighted by Gasteiger charge is -2.26. The van der Waals surface area contributed by atoms with Crippen LogP contribution in [0, 0.1) is 5.92 Å². The smallest absolute Gasteiger partial charge is 0.244 e. The molecule has 0 radical (unpaired) electrons. The fourth-order valence-corrected chi connectivity index (χ4v) is 2.34. The number of nitrogens with zero attached hydrogens (tertiary/aromatic N) is 2. The van der Waals surface area contributed by atoms with E-state index in [1.165, 1.54) is 12.8 Å². The van der Waals surface area contributed by atoms with Gasteiger partial charge in [0.1, 0.15) is 0 Å². The largest absolute Gasteiger partial charge is 0.338 e. The second kappa shape index (κ2) is 4.99. The molecule has 0 bridgehead atoms. The second-order valence-corrected chi connectivity index (χ2v) is 4.90. The van der Waals surface area contributed by atoms with Gasteiger partial charge in [-0.25, -0.2) is 0 Å². The third kappa shape index (κ3) is 2.52. The molecule has 84 valence electrons. The Morgan fingerprint density at radius 2 is 2.47 bits per heavy atom. The Balaban J connectivity index is 2.06. The van der Waals surface area contributed by atoms with E-state index in [2.05, 4.69) is 22.4 Å². The Morgan fingerprint density at radius 1 is 1.60 bits per heavy atom. The molecule has 1 aromatic rings. The molecule has 15 heavy (non-hydrogen) atoms. The highest BCUT2D eigenvalue weighted by molar-refractivity contribution is 7.97. The van der Waals surface area contributed by atoms with Crippen LogP contribution in [-0.2, 0) is 5.75 Å². The fourth-order valence-electron chi connectivity index (χ4n) is 1.96. The van der Waals surface area contributed by atoms with Crippen LogP contribution in [0.1, 0.15) is 37.5 Å². The van der Waals surface area contributed by atoms with Gasteiger partial charge in [-0.05, 0) is 31.6 Å². The van der Waals surface area contributed by atoms with E-state index in [9.17, 15) is 0 Å². The average molecular weight is 227 g/mol. The lowest BCUT2D eigenvalue weighted by atomic mass is 9.93. The predicted molar refractivity (Wildman–Crippen MR) is 60.7 cm³/mol. The summed E-state index contributed by atoms with van der Waals surface area (Å²) in [5.41, 5.74) is 0. The van der Waals surface area contributed by atoms with Crippen LogP contribution < -0.4 is 5.32 Å². The molecule has 1 aliphatic rings. The van der Waals surface area contributed by atoms with E-state index in [4.69, 9.17) is 4.52 Å². The number of thioether (sulfide) groups is 1. The van der Waals surface area contributed by atoms with Gasteiger partial charge in [0.25, 0.3) is 0 Å². The van der Waals surface area contributed by atoms with E-state index in [1.54, 1.807) is 11.8 Å². The van der Waals surface area contributed by atoms with Gasteiger partial charge in [-0.2, -0.15) is 16.7 Å². The molecule has 1 aliphatic heterocycles. The van der Waals surface area contributed by atoms with Crippen molar-refractivity contribution in [2.45, 2.75) is 31.6 Å². The van der Waals surface area contributed by atoms with Gasteiger partial charge >= 0.3 is 0 Å². The van der Waals surface area contributed by atoms with Crippen LogP contribution in [0.15, 0.2) is 4.52 Å². The summed E-state index contributed by atoms with van der Waals surface area (Å²) in [4.78, 5) is 4.41. The first kappa shape index (κ1) is 11.0. The maximum Gasteiger partial charge on any atom is 0.244 e. The molecule has 2 heterocycles. The third-order valence-corrected chi connectivity index (χ3v) is 3.34. The van der Waals surface area contributed by atoms with Gasteiger partial charge in [-0.3, -0.25) is 0 Å². The van der Waals surface area contributed by atoms with Gasteiger partial charge in [0.2, 0.25) is 5.89 Å². The molecule has 0 aliphatic carbocycles. The first-order valence-corrected chi connectivity index (χ1v) is 6.75. The Morgan fingerprint density at radius 3 is 3.20 bits per heavy atom. The molecule has 2 atom stereocenters. The number of aromatic nitrogens is 2. The first-order chi connectivity index (χ1) is 7.31. The van der Waals surface area contributed by atoms with Gasteiger partial charge in [0, 0.05) is 0 Å². The Kier molecular flexibility index (Phi) is 3.64. The van der Waals surface area contributed by atoms with Gasteiger partial charge in [-0.1, -0.05) is 12.1 Å². The summed E-state index contributed by atoms with van der Waals surface area (Å²) in [5.74, 6) is 2.97. The average Bonchev–Trinajstić information content (AvgIpc) is 2.68. The molecule has 1 aromatic heterocycles. The molecule has 4 nitrogen and oxygen atoms in total. The van der Waals surface area contributed by atoms with Gasteiger partial charge in [0.05, 0.1) is 11.8 Å². The van der Waals surface area contributed by atoms with E-state index < -0.39 is 0 Å². The van der Waals surface area contributed by atoms with Crippen molar-refractivity contribution in [1.82, 2.24) is 15.5 Å².